The van der Waals surface area contributed by atoms with Crippen molar-refractivity contribution in [1.82, 2.24) is 4.57 Å². The molecular weight excluding hydrogens is 446 g/mol. The molecular formula is C19H19N3O5S3. The highest BCUT2D eigenvalue weighted by Gasteiger charge is 2.16. The summed E-state index contributed by atoms with van der Waals surface area (Å²) in [5, 5.41) is 5.20. The maximum absolute atomic E-state index is 12.7. The number of aromatic nitrogens is 1. The van der Waals surface area contributed by atoms with Crippen molar-refractivity contribution in [2.45, 2.75) is 23.3 Å². The molecule has 2 aromatic carbocycles. The van der Waals surface area contributed by atoms with Crippen molar-refractivity contribution >= 4 is 47.3 Å². The Labute approximate surface area is 178 Å². The van der Waals surface area contributed by atoms with E-state index < -0.39 is 25.8 Å². The fourth-order valence-corrected chi connectivity index (χ4v) is 5.38. The van der Waals surface area contributed by atoms with Crippen molar-refractivity contribution in [3.63, 3.8) is 0 Å². The summed E-state index contributed by atoms with van der Waals surface area (Å²) in [7, 11) is -7.34. The van der Waals surface area contributed by atoms with Crippen molar-refractivity contribution < 1.29 is 21.6 Å². The van der Waals surface area contributed by atoms with Gasteiger partial charge in [-0.15, -0.1) is 6.58 Å². The Bertz CT molecular complexity index is 1430. The molecule has 2 N–H and O–H groups in total. The third-order valence-electron chi connectivity index (χ3n) is 4.31. The Kier molecular flexibility index (Phi) is 6.09. The minimum absolute atomic E-state index is 0.0441. The number of sulfone groups is 1. The lowest BCUT2D eigenvalue weighted by atomic mass is 10.2. The number of thiazole rings is 1. The Morgan fingerprint density at radius 3 is 2.53 bits per heavy atom. The van der Waals surface area contributed by atoms with Gasteiger partial charge < -0.3 is 4.57 Å². The SMILES string of the molecule is C=CCn1c(=NC(=O)c2cccc(S(=O)(=O)CC)c2)sc2cc(S(N)(=O)=O)ccc21. The minimum Gasteiger partial charge on any atom is -0.312 e. The van der Waals surface area contributed by atoms with Gasteiger partial charge in [0.1, 0.15) is 0 Å². The summed E-state index contributed by atoms with van der Waals surface area (Å²) in [6.07, 6.45) is 1.62. The summed E-state index contributed by atoms with van der Waals surface area (Å²) in [4.78, 5) is 17.2. The van der Waals surface area contributed by atoms with E-state index in [1.165, 1.54) is 43.3 Å². The van der Waals surface area contributed by atoms with Gasteiger partial charge in [-0.05, 0) is 36.4 Å². The van der Waals surface area contributed by atoms with Crippen LogP contribution in [-0.2, 0) is 26.4 Å². The van der Waals surface area contributed by atoms with E-state index in [9.17, 15) is 21.6 Å². The molecule has 0 aliphatic carbocycles. The molecule has 8 nitrogen and oxygen atoms in total. The van der Waals surface area contributed by atoms with Gasteiger partial charge in [0.2, 0.25) is 10.0 Å². The van der Waals surface area contributed by atoms with E-state index in [1.54, 1.807) is 16.7 Å². The number of primary sulfonamides is 1. The predicted molar refractivity (Wildman–Crippen MR) is 115 cm³/mol. The number of nitrogens with two attached hydrogens (primary N) is 1. The first kappa shape index (κ1) is 22.1. The summed E-state index contributed by atoms with van der Waals surface area (Å²) < 4.78 is 49.7. The first-order chi connectivity index (χ1) is 14.1. The van der Waals surface area contributed by atoms with Crippen molar-refractivity contribution in [2.75, 3.05) is 5.75 Å². The monoisotopic (exact) mass is 465 g/mol. The minimum atomic E-state index is -3.87. The molecule has 0 fully saturated rings. The number of amides is 1. The molecule has 1 heterocycles. The molecule has 3 aromatic rings. The van der Waals surface area contributed by atoms with Gasteiger partial charge in [0.25, 0.3) is 5.91 Å². The molecule has 0 bridgehead atoms. The van der Waals surface area contributed by atoms with Gasteiger partial charge in [0, 0.05) is 12.1 Å². The topological polar surface area (TPSA) is 129 Å². The zero-order valence-corrected chi connectivity index (χ0v) is 18.4. The number of carbonyl (C=O) groups excluding carboxylic acids is 1. The van der Waals surface area contributed by atoms with Gasteiger partial charge in [-0.25, -0.2) is 22.0 Å². The molecule has 1 amide bonds. The number of allylic oxidation sites excluding steroid dienone is 1. The van der Waals surface area contributed by atoms with Crippen molar-refractivity contribution in [2.24, 2.45) is 10.1 Å². The second-order valence-electron chi connectivity index (χ2n) is 6.31. The number of fused-ring (bicyclic) bond motifs is 1. The average Bonchev–Trinajstić information content (AvgIpc) is 3.04. The number of hydrogen-bond donors (Lipinski definition) is 1. The molecule has 0 aliphatic heterocycles. The van der Waals surface area contributed by atoms with E-state index in [0.717, 1.165) is 11.3 Å². The van der Waals surface area contributed by atoms with Crippen molar-refractivity contribution in [3.05, 3.63) is 65.5 Å². The average molecular weight is 466 g/mol. The summed E-state index contributed by atoms with van der Waals surface area (Å²) in [5.41, 5.74) is 0.804. The third kappa shape index (κ3) is 4.43. The van der Waals surface area contributed by atoms with Crippen LogP contribution in [0, 0.1) is 0 Å². The largest absolute Gasteiger partial charge is 0.312 e. The van der Waals surface area contributed by atoms with Gasteiger partial charge in [0.15, 0.2) is 14.6 Å². The van der Waals surface area contributed by atoms with Crippen LogP contribution in [0.15, 0.2) is 69.9 Å². The molecule has 30 heavy (non-hydrogen) atoms. The van der Waals surface area contributed by atoms with Crippen LogP contribution in [0.1, 0.15) is 17.3 Å². The molecule has 0 spiro atoms. The zero-order chi connectivity index (χ0) is 22.1. The number of benzene rings is 2. The maximum atomic E-state index is 12.7. The summed E-state index contributed by atoms with van der Waals surface area (Å²) in [5.74, 6) is -0.691. The fraction of sp³-hybridized carbons (Fsp3) is 0.158. The van der Waals surface area contributed by atoms with Crippen LogP contribution in [0.5, 0.6) is 0 Å². The molecule has 0 radical (unpaired) electrons. The lowest BCUT2D eigenvalue weighted by Gasteiger charge is -2.03. The van der Waals surface area contributed by atoms with Crippen LogP contribution in [-0.4, -0.2) is 33.1 Å². The predicted octanol–water partition coefficient (Wildman–Crippen LogP) is 2.07. The van der Waals surface area contributed by atoms with Crippen LogP contribution < -0.4 is 9.94 Å². The van der Waals surface area contributed by atoms with E-state index in [0.29, 0.717) is 21.6 Å². The molecule has 11 heteroatoms. The molecule has 0 unspecified atom stereocenters. The second kappa shape index (κ2) is 8.26. The highest BCUT2D eigenvalue weighted by Crippen LogP contribution is 2.22. The lowest BCUT2D eigenvalue weighted by Crippen LogP contribution is -2.16. The van der Waals surface area contributed by atoms with E-state index >= 15 is 0 Å². The number of hydrogen-bond acceptors (Lipinski definition) is 6. The molecule has 0 saturated heterocycles. The van der Waals surface area contributed by atoms with Gasteiger partial charge in [0.05, 0.1) is 25.8 Å². The summed E-state index contributed by atoms with van der Waals surface area (Å²) in [6.45, 7) is 5.57. The van der Waals surface area contributed by atoms with Gasteiger partial charge in [-0.2, -0.15) is 4.99 Å². The lowest BCUT2D eigenvalue weighted by molar-refractivity contribution is 0.0997. The zero-order valence-electron chi connectivity index (χ0n) is 16.0. The second-order valence-corrected chi connectivity index (χ2v) is 11.2. The van der Waals surface area contributed by atoms with E-state index in [4.69, 9.17) is 5.14 Å². The molecule has 1 aromatic heterocycles. The van der Waals surface area contributed by atoms with Crippen LogP contribution in [0.4, 0.5) is 0 Å². The summed E-state index contributed by atoms with van der Waals surface area (Å²) >= 11 is 1.12. The standard InChI is InChI=1S/C19H19N3O5S3/c1-3-10-22-16-9-8-15(30(20,26)27)12-17(16)28-19(22)21-18(23)13-6-5-7-14(11-13)29(24,25)4-2/h3,5-9,11-12H,1,4,10H2,2H3,(H2,20,26,27). The smallest absolute Gasteiger partial charge is 0.279 e. The number of rotatable bonds is 6. The van der Waals surface area contributed by atoms with Gasteiger partial charge >= 0.3 is 0 Å². The number of nitrogens with zero attached hydrogens (tertiary/aromatic N) is 2. The van der Waals surface area contributed by atoms with Crippen LogP contribution in [0.3, 0.4) is 0 Å². The number of carbonyl (C=O) groups is 1. The van der Waals surface area contributed by atoms with Crippen LogP contribution in [0.25, 0.3) is 10.2 Å². The third-order valence-corrected chi connectivity index (χ3v) is 8.00. The van der Waals surface area contributed by atoms with E-state index in [2.05, 4.69) is 11.6 Å². The Morgan fingerprint density at radius 2 is 1.90 bits per heavy atom. The maximum Gasteiger partial charge on any atom is 0.279 e. The van der Waals surface area contributed by atoms with Crippen LogP contribution in [0.2, 0.25) is 0 Å². The first-order valence-corrected chi connectivity index (χ1v) is 12.8. The van der Waals surface area contributed by atoms with Crippen LogP contribution >= 0.6 is 11.3 Å². The van der Waals surface area contributed by atoms with Crippen molar-refractivity contribution in [3.8, 4) is 0 Å². The summed E-state index contributed by atoms with van der Waals surface area (Å²) in [6, 6.07) is 10.1. The van der Waals surface area contributed by atoms with Gasteiger partial charge in [-0.1, -0.05) is 30.4 Å². The Morgan fingerprint density at radius 1 is 1.17 bits per heavy atom. The first-order valence-electron chi connectivity index (χ1n) is 8.76. The number of sulfonamides is 1. The van der Waals surface area contributed by atoms with Gasteiger partial charge in [-0.3, -0.25) is 4.79 Å². The molecule has 0 atom stereocenters. The quantitative estimate of drug-likeness (QED) is 0.557. The molecule has 3 rings (SSSR count). The van der Waals surface area contributed by atoms with E-state index in [1.807, 2.05) is 0 Å². The highest BCUT2D eigenvalue weighted by molar-refractivity contribution is 7.91. The van der Waals surface area contributed by atoms with E-state index in [-0.39, 0.29) is 21.1 Å². The normalized spacial score (nSPS) is 12.9. The Hall–Kier alpha value is -2.60. The Balaban J connectivity index is 2.15. The molecule has 0 aliphatic rings. The molecule has 158 valence electrons. The fourth-order valence-electron chi connectivity index (χ4n) is 2.76. The molecule has 0 saturated carbocycles. The highest BCUT2D eigenvalue weighted by atomic mass is 32.2. The van der Waals surface area contributed by atoms with Crippen molar-refractivity contribution in [1.29, 1.82) is 0 Å².